The van der Waals surface area contributed by atoms with E-state index in [9.17, 15) is 9.59 Å². The van der Waals surface area contributed by atoms with Gasteiger partial charge in [-0.15, -0.1) is 11.3 Å². The SMILES string of the molecule is COC(=O)c1sccc1N1CC(CO)CC1=O. The van der Waals surface area contributed by atoms with Gasteiger partial charge in [0.05, 0.1) is 12.8 Å². The molecule has 1 saturated heterocycles. The molecule has 2 rings (SSSR count). The average Bonchev–Trinajstić information content (AvgIpc) is 2.93. The Bertz CT molecular complexity index is 442. The van der Waals surface area contributed by atoms with E-state index in [1.807, 2.05) is 0 Å². The van der Waals surface area contributed by atoms with E-state index >= 15 is 0 Å². The highest BCUT2D eigenvalue weighted by atomic mass is 32.1. The van der Waals surface area contributed by atoms with Crippen molar-refractivity contribution in [3.63, 3.8) is 0 Å². The number of hydrogen-bond donors (Lipinski definition) is 1. The Morgan fingerprint density at radius 1 is 1.71 bits per heavy atom. The lowest BCUT2D eigenvalue weighted by Gasteiger charge is -2.16. The number of aliphatic hydroxyl groups excluding tert-OH is 1. The van der Waals surface area contributed by atoms with Crippen LogP contribution in [0.5, 0.6) is 0 Å². The molecule has 17 heavy (non-hydrogen) atoms. The molecule has 0 aliphatic carbocycles. The van der Waals surface area contributed by atoms with Crippen molar-refractivity contribution in [2.45, 2.75) is 6.42 Å². The molecule has 0 saturated carbocycles. The lowest BCUT2D eigenvalue weighted by atomic mass is 10.1. The Hall–Kier alpha value is -1.40. The van der Waals surface area contributed by atoms with Crippen molar-refractivity contribution < 1.29 is 19.4 Å². The van der Waals surface area contributed by atoms with Crippen LogP contribution < -0.4 is 4.90 Å². The van der Waals surface area contributed by atoms with E-state index in [1.165, 1.54) is 18.4 Å². The zero-order valence-electron chi connectivity index (χ0n) is 9.38. The van der Waals surface area contributed by atoms with E-state index in [0.29, 0.717) is 23.5 Å². The molecule has 1 aromatic rings. The lowest BCUT2D eigenvalue weighted by molar-refractivity contribution is -0.117. The molecule has 1 aliphatic heterocycles. The molecule has 1 aliphatic rings. The van der Waals surface area contributed by atoms with Gasteiger partial charge in [0, 0.05) is 25.5 Å². The van der Waals surface area contributed by atoms with Crippen LogP contribution in [0.15, 0.2) is 11.4 Å². The monoisotopic (exact) mass is 255 g/mol. The van der Waals surface area contributed by atoms with Crippen molar-refractivity contribution in [2.24, 2.45) is 5.92 Å². The number of thiophene rings is 1. The Balaban J connectivity index is 2.26. The molecule has 0 bridgehead atoms. The summed E-state index contributed by atoms with van der Waals surface area (Å²) in [5.41, 5.74) is 0.586. The number of carbonyl (C=O) groups is 2. The first-order valence-corrected chi connectivity index (χ1v) is 6.12. The second-order valence-electron chi connectivity index (χ2n) is 3.88. The van der Waals surface area contributed by atoms with Gasteiger partial charge in [0.2, 0.25) is 5.91 Å². The molecule has 0 radical (unpaired) electrons. The summed E-state index contributed by atoms with van der Waals surface area (Å²) < 4.78 is 4.67. The molecular weight excluding hydrogens is 242 g/mol. The van der Waals surface area contributed by atoms with Gasteiger partial charge in [-0.3, -0.25) is 4.79 Å². The van der Waals surface area contributed by atoms with Crippen LogP contribution in [0.2, 0.25) is 0 Å². The number of rotatable bonds is 3. The van der Waals surface area contributed by atoms with E-state index in [2.05, 4.69) is 4.74 Å². The van der Waals surface area contributed by atoms with E-state index in [1.54, 1.807) is 16.3 Å². The van der Waals surface area contributed by atoms with E-state index in [-0.39, 0.29) is 18.4 Å². The number of methoxy groups -OCH3 is 1. The highest BCUT2D eigenvalue weighted by Gasteiger charge is 2.32. The number of nitrogens with zero attached hydrogens (tertiary/aromatic N) is 1. The molecule has 0 spiro atoms. The molecule has 6 heteroatoms. The average molecular weight is 255 g/mol. The molecule has 5 nitrogen and oxygen atoms in total. The first kappa shape index (κ1) is 12.1. The zero-order chi connectivity index (χ0) is 12.4. The normalized spacial score (nSPS) is 19.8. The van der Waals surface area contributed by atoms with Gasteiger partial charge in [-0.2, -0.15) is 0 Å². The molecule has 2 heterocycles. The minimum atomic E-state index is -0.435. The van der Waals surface area contributed by atoms with Gasteiger partial charge in [0.15, 0.2) is 0 Å². The highest BCUT2D eigenvalue weighted by Crippen LogP contribution is 2.31. The van der Waals surface area contributed by atoms with Gasteiger partial charge in [-0.25, -0.2) is 4.79 Å². The smallest absolute Gasteiger partial charge is 0.350 e. The van der Waals surface area contributed by atoms with E-state index in [0.717, 1.165) is 0 Å². The summed E-state index contributed by atoms with van der Waals surface area (Å²) in [7, 11) is 1.31. The maximum atomic E-state index is 11.8. The molecule has 1 unspecified atom stereocenters. The molecule has 1 atom stereocenters. The number of ether oxygens (including phenoxy) is 1. The van der Waals surface area contributed by atoms with Gasteiger partial charge < -0.3 is 14.7 Å². The number of hydrogen-bond acceptors (Lipinski definition) is 5. The fourth-order valence-corrected chi connectivity index (χ4v) is 2.71. The second kappa shape index (κ2) is 4.85. The van der Waals surface area contributed by atoms with Crippen molar-refractivity contribution in [3.05, 3.63) is 16.3 Å². The molecule has 1 amide bonds. The third-order valence-corrected chi connectivity index (χ3v) is 3.65. The molecule has 1 aromatic heterocycles. The van der Waals surface area contributed by atoms with Crippen molar-refractivity contribution >= 4 is 28.9 Å². The van der Waals surface area contributed by atoms with Gasteiger partial charge >= 0.3 is 5.97 Å². The van der Waals surface area contributed by atoms with Crippen LogP contribution in [0.3, 0.4) is 0 Å². The number of esters is 1. The van der Waals surface area contributed by atoms with E-state index < -0.39 is 5.97 Å². The second-order valence-corrected chi connectivity index (χ2v) is 4.80. The maximum Gasteiger partial charge on any atom is 0.350 e. The predicted octanol–water partition coefficient (Wildman–Crippen LogP) is 0.880. The van der Waals surface area contributed by atoms with Crippen molar-refractivity contribution in [1.82, 2.24) is 0 Å². The van der Waals surface area contributed by atoms with Crippen LogP contribution in [0, 0.1) is 5.92 Å². The summed E-state index contributed by atoms with van der Waals surface area (Å²) in [6, 6.07) is 1.73. The summed E-state index contributed by atoms with van der Waals surface area (Å²) in [6.07, 6.45) is 0.326. The van der Waals surface area contributed by atoms with Crippen LogP contribution >= 0.6 is 11.3 Å². The third-order valence-electron chi connectivity index (χ3n) is 2.77. The van der Waals surface area contributed by atoms with Crippen LogP contribution in [0.1, 0.15) is 16.1 Å². The Labute approximate surface area is 103 Å². The maximum absolute atomic E-state index is 11.8. The van der Waals surface area contributed by atoms with Crippen molar-refractivity contribution in [1.29, 1.82) is 0 Å². The largest absolute Gasteiger partial charge is 0.465 e. The van der Waals surface area contributed by atoms with Crippen LogP contribution in [0.4, 0.5) is 5.69 Å². The molecule has 92 valence electrons. The third kappa shape index (κ3) is 2.18. The Kier molecular flexibility index (Phi) is 3.44. The van der Waals surface area contributed by atoms with Crippen LogP contribution in [-0.2, 0) is 9.53 Å². The molecule has 1 N–H and O–H groups in total. The highest BCUT2D eigenvalue weighted by molar-refractivity contribution is 7.12. The number of anilines is 1. The van der Waals surface area contributed by atoms with Crippen molar-refractivity contribution in [2.75, 3.05) is 25.2 Å². The summed E-state index contributed by atoms with van der Waals surface area (Å²) in [5.74, 6) is -0.546. The Morgan fingerprint density at radius 2 is 2.47 bits per heavy atom. The standard InChI is InChI=1S/C11H13NO4S/c1-16-11(15)10-8(2-3-17-10)12-5-7(6-13)4-9(12)14/h2-3,7,13H,4-6H2,1H3. The van der Waals surface area contributed by atoms with Gasteiger partial charge in [-0.1, -0.05) is 0 Å². The minimum Gasteiger partial charge on any atom is -0.465 e. The first-order chi connectivity index (χ1) is 8.17. The quantitative estimate of drug-likeness (QED) is 0.814. The number of amides is 1. The lowest BCUT2D eigenvalue weighted by Crippen LogP contribution is -2.26. The summed E-state index contributed by atoms with van der Waals surface area (Å²) in [5, 5.41) is 10.8. The van der Waals surface area contributed by atoms with Gasteiger partial charge in [-0.05, 0) is 11.4 Å². The Morgan fingerprint density at radius 3 is 3.06 bits per heavy atom. The topological polar surface area (TPSA) is 66.8 Å². The van der Waals surface area contributed by atoms with Crippen LogP contribution in [-0.4, -0.2) is 37.2 Å². The predicted molar refractivity (Wildman–Crippen MR) is 63.2 cm³/mol. The number of aliphatic hydroxyl groups is 1. The van der Waals surface area contributed by atoms with Crippen LogP contribution in [0.25, 0.3) is 0 Å². The molecule has 1 fully saturated rings. The minimum absolute atomic E-state index is 0.0140. The fourth-order valence-electron chi connectivity index (χ4n) is 1.90. The van der Waals surface area contributed by atoms with Gasteiger partial charge in [0.25, 0.3) is 0 Å². The zero-order valence-corrected chi connectivity index (χ0v) is 10.2. The fraction of sp³-hybridized carbons (Fsp3) is 0.455. The van der Waals surface area contributed by atoms with Gasteiger partial charge in [0.1, 0.15) is 4.88 Å². The number of carbonyl (C=O) groups excluding carboxylic acids is 2. The first-order valence-electron chi connectivity index (χ1n) is 5.24. The van der Waals surface area contributed by atoms with Crippen molar-refractivity contribution in [3.8, 4) is 0 Å². The summed E-state index contributed by atoms with van der Waals surface area (Å²) in [6.45, 7) is 0.440. The summed E-state index contributed by atoms with van der Waals surface area (Å²) >= 11 is 1.25. The molecular formula is C11H13NO4S. The summed E-state index contributed by atoms with van der Waals surface area (Å²) in [4.78, 5) is 25.3. The molecule has 0 aromatic carbocycles. The van der Waals surface area contributed by atoms with E-state index in [4.69, 9.17) is 5.11 Å².